The standard InChI is InChI=1S/C49H55N11O6/c1-28-5-4-16-66-48-38(22-50-55(48)3)40-19-32(17-29(2)51-40)44(62)54-49-52-39-9-6-31(18-42(39)59(49)23-28)24-56-14-12-30(13-15-56)25-57-26-35-20-34(57)27-58(35)33-7-8-36-37(21-33)47(65)60(46(36)64)41-10-11-43(61)53-45(41)63/h6-9,17-19,21-22,28,30,34-35,41H,4-5,10-16,20,23-27H2,1-3H3,(H,52,54,62)(H,53,61,63)/t28-,34?,35?,41?/m1/s1. The first kappa shape index (κ1) is 42.2. The van der Waals surface area contributed by atoms with Crippen LogP contribution in [0, 0.1) is 18.8 Å². The number of hydrogen-bond donors (Lipinski definition) is 2. The summed E-state index contributed by atoms with van der Waals surface area (Å²) >= 11 is 0. The van der Waals surface area contributed by atoms with E-state index in [0.717, 1.165) is 98.9 Å². The van der Waals surface area contributed by atoms with Crippen LogP contribution in [-0.2, 0) is 23.2 Å². The monoisotopic (exact) mass is 893 g/mol. The molecule has 9 heterocycles. The highest BCUT2D eigenvalue weighted by atomic mass is 16.5. The number of nitrogens with one attached hydrogen (secondary N) is 2. The fraction of sp³-hybridized carbons (Fsp3) is 0.469. The molecule has 5 amide bonds. The Morgan fingerprint density at radius 3 is 2.48 bits per heavy atom. The zero-order valence-electron chi connectivity index (χ0n) is 37.7. The van der Waals surface area contributed by atoms with E-state index >= 15 is 0 Å². The molecule has 4 aromatic rings. The predicted molar refractivity (Wildman–Crippen MR) is 246 cm³/mol. The zero-order valence-corrected chi connectivity index (χ0v) is 37.7. The van der Waals surface area contributed by atoms with Gasteiger partial charge in [-0.05, 0) is 118 Å². The second kappa shape index (κ2) is 16.8. The molecule has 4 atom stereocenters. The van der Waals surface area contributed by atoms with Gasteiger partial charge in [0.05, 0.1) is 46.6 Å². The molecule has 17 nitrogen and oxygen atoms in total. The maximum absolute atomic E-state index is 13.9. The van der Waals surface area contributed by atoms with Gasteiger partial charge in [-0.1, -0.05) is 13.0 Å². The highest BCUT2D eigenvalue weighted by Crippen LogP contribution is 2.40. The normalized spacial score (nSPS) is 25.7. The number of aromatic nitrogens is 3. The Bertz CT molecular complexity index is 2710. The summed E-state index contributed by atoms with van der Waals surface area (Å²) in [6, 6.07) is 15.4. The number of hydrogen-bond acceptors (Lipinski definition) is 13. The van der Waals surface area contributed by atoms with Gasteiger partial charge in [0.15, 0.2) is 0 Å². The minimum absolute atomic E-state index is 0.0964. The molecule has 17 heteroatoms. The van der Waals surface area contributed by atoms with E-state index in [-0.39, 0.29) is 24.7 Å². The highest BCUT2D eigenvalue weighted by molar-refractivity contribution is 6.24. The number of aryl methyl sites for hydroxylation is 2. The molecule has 2 aromatic heterocycles. The van der Waals surface area contributed by atoms with E-state index in [1.165, 1.54) is 5.56 Å². The second-order valence-electron chi connectivity index (χ2n) is 19.3. The highest BCUT2D eigenvalue weighted by Gasteiger charge is 2.47. The molecule has 4 fully saturated rings. The number of carbonyl (C=O) groups excluding carboxylic acids is 5. The van der Waals surface area contributed by atoms with Crippen LogP contribution in [0.25, 0.3) is 11.3 Å². The van der Waals surface area contributed by atoms with Gasteiger partial charge in [-0.25, -0.2) is 4.68 Å². The number of anilines is 3. The number of ether oxygens (including phenoxy) is 1. The van der Waals surface area contributed by atoms with Crippen LogP contribution in [-0.4, -0.2) is 129 Å². The molecule has 7 aliphatic heterocycles. The van der Waals surface area contributed by atoms with E-state index < -0.39 is 23.8 Å². The first-order valence-electron chi connectivity index (χ1n) is 23.5. The number of nitrogens with zero attached hydrogens (tertiary/aromatic N) is 9. The molecule has 2 N–H and O–H groups in total. The summed E-state index contributed by atoms with van der Waals surface area (Å²) in [6.07, 6.45) is 7.12. The maximum Gasteiger partial charge on any atom is 0.280 e. The number of carbonyl (C=O) groups is 5. The third-order valence-electron chi connectivity index (χ3n) is 14.7. The van der Waals surface area contributed by atoms with Crippen molar-refractivity contribution in [1.82, 2.24) is 34.8 Å². The lowest BCUT2D eigenvalue weighted by Crippen LogP contribution is -2.54. The van der Waals surface area contributed by atoms with Crippen LogP contribution in [0.15, 0.2) is 59.7 Å². The number of imide groups is 2. The van der Waals surface area contributed by atoms with Crippen LogP contribution in [0.5, 0.6) is 5.88 Å². The molecule has 0 spiro atoms. The molecule has 66 heavy (non-hydrogen) atoms. The number of amides is 5. The molecule has 7 aliphatic rings. The van der Waals surface area contributed by atoms with E-state index in [1.54, 1.807) is 29.1 Å². The second-order valence-corrected chi connectivity index (χ2v) is 19.3. The Morgan fingerprint density at radius 2 is 1.68 bits per heavy atom. The van der Waals surface area contributed by atoms with Crippen molar-refractivity contribution in [2.75, 3.05) is 61.0 Å². The number of piperidine rings is 2. The molecule has 0 aliphatic carbocycles. The van der Waals surface area contributed by atoms with Crippen LogP contribution in [0.3, 0.4) is 0 Å². The third-order valence-corrected chi connectivity index (χ3v) is 14.7. The Labute approximate surface area is 383 Å². The van der Waals surface area contributed by atoms with Crippen molar-refractivity contribution in [3.8, 4) is 17.1 Å². The van der Waals surface area contributed by atoms with Crippen LogP contribution in [0.4, 0.5) is 17.1 Å². The molecule has 4 bridgehead atoms. The number of piperazine rings is 1. The van der Waals surface area contributed by atoms with Crippen LogP contribution < -0.4 is 25.2 Å². The Morgan fingerprint density at radius 1 is 0.848 bits per heavy atom. The number of aliphatic imine (C=N–C) groups is 1. The minimum Gasteiger partial charge on any atom is -0.477 e. The SMILES string of the molecule is Cc1cc2cc(n1)-c1cnn(C)c1OCCC[C@@H](C)CN1/C(=N/C2=O)Nc2ccc(CN3CCC(CN4CC5CC4CN5c4ccc5c(c4)C(=O)N(C4CCC(=O)NC4=O)C5=O)CC3)cc21. The summed E-state index contributed by atoms with van der Waals surface area (Å²) < 4.78 is 7.98. The summed E-state index contributed by atoms with van der Waals surface area (Å²) in [5, 5.41) is 10.2. The number of fused-ring (bicyclic) bond motifs is 10. The van der Waals surface area contributed by atoms with Crippen molar-refractivity contribution in [3.05, 3.63) is 82.7 Å². The van der Waals surface area contributed by atoms with E-state index in [0.29, 0.717) is 77.0 Å². The van der Waals surface area contributed by atoms with Gasteiger partial charge in [-0.15, -0.1) is 0 Å². The van der Waals surface area contributed by atoms with Crippen LogP contribution >= 0.6 is 0 Å². The van der Waals surface area contributed by atoms with E-state index in [2.05, 4.69) is 60.5 Å². The zero-order chi connectivity index (χ0) is 45.4. The molecule has 3 unspecified atom stereocenters. The number of guanidine groups is 1. The molecule has 2 aromatic carbocycles. The molecule has 0 saturated carbocycles. The van der Waals surface area contributed by atoms with E-state index in [4.69, 9.17) is 14.7 Å². The quantitative estimate of drug-likeness (QED) is 0.257. The fourth-order valence-electron chi connectivity index (χ4n) is 11.3. The Hall–Kier alpha value is -6.46. The molecule has 11 rings (SSSR count). The van der Waals surface area contributed by atoms with Gasteiger partial charge < -0.3 is 19.9 Å². The van der Waals surface area contributed by atoms with Crippen molar-refractivity contribution in [2.45, 2.75) is 83.5 Å². The first-order valence-corrected chi connectivity index (χ1v) is 23.5. The molecule has 342 valence electrons. The minimum atomic E-state index is -0.970. The average molecular weight is 894 g/mol. The van der Waals surface area contributed by atoms with Gasteiger partial charge in [0.25, 0.3) is 17.7 Å². The summed E-state index contributed by atoms with van der Waals surface area (Å²) in [6.45, 7) is 11.2. The maximum atomic E-state index is 13.9. The summed E-state index contributed by atoms with van der Waals surface area (Å²) in [7, 11) is 1.85. The molecular weight excluding hydrogens is 839 g/mol. The lowest BCUT2D eigenvalue weighted by atomic mass is 9.95. The van der Waals surface area contributed by atoms with Gasteiger partial charge in [-0.2, -0.15) is 10.1 Å². The van der Waals surface area contributed by atoms with Gasteiger partial charge >= 0.3 is 0 Å². The average Bonchev–Trinajstić information content (AvgIpc) is 4.12. The fourth-order valence-corrected chi connectivity index (χ4v) is 11.3. The molecular formula is C49H55N11O6. The lowest BCUT2D eigenvalue weighted by molar-refractivity contribution is -0.136. The smallest absolute Gasteiger partial charge is 0.280 e. The van der Waals surface area contributed by atoms with Gasteiger partial charge in [-0.3, -0.25) is 49.0 Å². The van der Waals surface area contributed by atoms with Crippen LogP contribution in [0.2, 0.25) is 0 Å². The lowest BCUT2D eigenvalue weighted by Gasteiger charge is -2.39. The number of pyridine rings is 1. The van der Waals surface area contributed by atoms with Crippen molar-refractivity contribution >= 4 is 52.6 Å². The number of likely N-dealkylation sites (tertiary alicyclic amines) is 2. The Kier molecular flexibility index (Phi) is 10.7. The van der Waals surface area contributed by atoms with Gasteiger partial charge in [0.2, 0.25) is 23.7 Å². The largest absolute Gasteiger partial charge is 0.477 e. The third kappa shape index (κ3) is 7.70. The topological polar surface area (TPSA) is 178 Å². The summed E-state index contributed by atoms with van der Waals surface area (Å²) in [4.78, 5) is 85.1. The number of rotatable bonds is 6. The summed E-state index contributed by atoms with van der Waals surface area (Å²) in [5.74, 6) is -0.164. The van der Waals surface area contributed by atoms with Crippen molar-refractivity contribution in [1.29, 1.82) is 0 Å². The number of benzene rings is 2. The predicted octanol–water partition coefficient (Wildman–Crippen LogP) is 4.60. The van der Waals surface area contributed by atoms with Crippen molar-refractivity contribution in [2.24, 2.45) is 23.9 Å². The van der Waals surface area contributed by atoms with Gasteiger partial charge in [0, 0.05) is 75.2 Å². The van der Waals surface area contributed by atoms with E-state index in [9.17, 15) is 24.0 Å². The van der Waals surface area contributed by atoms with Gasteiger partial charge in [0.1, 0.15) is 6.04 Å². The Balaban J connectivity index is 0.710. The van der Waals surface area contributed by atoms with E-state index in [1.807, 2.05) is 26.1 Å². The summed E-state index contributed by atoms with van der Waals surface area (Å²) in [5.41, 5.74) is 7.34. The molecule has 4 saturated heterocycles. The first-order chi connectivity index (χ1) is 31.9. The van der Waals surface area contributed by atoms with Crippen molar-refractivity contribution < 1.29 is 28.7 Å². The van der Waals surface area contributed by atoms with Crippen molar-refractivity contribution in [3.63, 3.8) is 0 Å². The molecule has 0 radical (unpaired) electrons. The van der Waals surface area contributed by atoms with Crippen LogP contribution in [0.1, 0.15) is 94.2 Å².